The Hall–Kier alpha value is -2.07. The predicted octanol–water partition coefficient (Wildman–Crippen LogP) is 2.88. The lowest BCUT2D eigenvalue weighted by Gasteiger charge is -2.07. The van der Waals surface area contributed by atoms with Gasteiger partial charge in [-0.3, -0.25) is 9.78 Å². The van der Waals surface area contributed by atoms with E-state index in [9.17, 15) is 4.79 Å². The molecule has 0 fully saturated rings. The molecule has 0 atom stereocenters. The van der Waals surface area contributed by atoms with E-state index in [2.05, 4.69) is 10.3 Å². The number of rotatable bonds is 2. The van der Waals surface area contributed by atoms with Crippen LogP contribution in [0.3, 0.4) is 0 Å². The first-order chi connectivity index (χ1) is 8.56. The molecule has 92 valence electrons. The van der Waals surface area contributed by atoms with Crippen molar-refractivity contribution in [3.05, 3.63) is 52.8 Å². The highest BCUT2D eigenvalue weighted by Crippen LogP contribution is 2.20. The molecule has 0 aliphatic heterocycles. The zero-order valence-corrected chi connectivity index (χ0v) is 10.5. The van der Waals surface area contributed by atoms with Crippen LogP contribution in [-0.2, 0) is 0 Å². The molecule has 1 heterocycles. The zero-order valence-electron chi connectivity index (χ0n) is 9.77. The quantitative estimate of drug-likeness (QED) is 0.817. The SMILES string of the molecule is Cc1cc(NC(=O)c2cc(N)ccc2Cl)ccn1. The monoisotopic (exact) mass is 261 g/mol. The van der Waals surface area contributed by atoms with E-state index >= 15 is 0 Å². The summed E-state index contributed by atoms with van der Waals surface area (Å²) in [6, 6.07) is 8.29. The van der Waals surface area contributed by atoms with Crippen LogP contribution in [0.25, 0.3) is 0 Å². The van der Waals surface area contributed by atoms with Gasteiger partial charge in [0.25, 0.3) is 5.91 Å². The van der Waals surface area contributed by atoms with Crippen molar-refractivity contribution < 1.29 is 4.79 Å². The molecule has 0 aliphatic carbocycles. The number of pyridine rings is 1. The first-order valence-corrected chi connectivity index (χ1v) is 5.73. The van der Waals surface area contributed by atoms with Crippen LogP contribution in [0, 0.1) is 6.92 Å². The van der Waals surface area contributed by atoms with Crippen molar-refractivity contribution in [2.45, 2.75) is 6.92 Å². The molecule has 18 heavy (non-hydrogen) atoms. The molecular weight excluding hydrogens is 250 g/mol. The number of amides is 1. The maximum atomic E-state index is 12.0. The highest BCUT2D eigenvalue weighted by molar-refractivity contribution is 6.34. The Kier molecular flexibility index (Phi) is 3.48. The van der Waals surface area contributed by atoms with Crippen molar-refractivity contribution in [2.75, 3.05) is 11.1 Å². The molecule has 0 saturated heterocycles. The van der Waals surface area contributed by atoms with Gasteiger partial charge in [0.15, 0.2) is 0 Å². The van der Waals surface area contributed by atoms with E-state index < -0.39 is 0 Å². The number of benzene rings is 1. The van der Waals surface area contributed by atoms with E-state index in [1.807, 2.05) is 6.92 Å². The maximum absolute atomic E-state index is 12.0. The van der Waals surface area contributed by atoms with Crippen LogP contribution in [0.2, 0.25) is 5.02 Å². The number of carbonyl (C=O) groups is 1. The number of nitrogens with two attached hydrogens (primary N) is 1. The van der Waals surface area contributed by atoms with Crippen molar-refractivity contribution in [1.82, 2.24) is 4.98 Å². The fraction of sp³-hybridized carbons (Fsp3) is 0.0769. The standard InChI is InChI=1S/C13H12ClN3O/c1-8-6-10(4-5-16-8)17-13(18)11-7-9(15)2-3-12(11)14/h2-7H,15H2,1H3,(H,16,17,18). The lowest BCUT2D eigenvalue weighted by atomic mass is 10.2. The van der Waals surface area contributed by atoms with Crippen LogP contribution in [-0.4, -0.2) is 10.9 Å². The van der Waals surface area contributed by atoms with E-state index in [1.165, 1.54) is 0 Å². The molecular formula is C13H12ClN3O. The summed E-state index contributed by atoms with van der Waals surface area (Å²) in [6.45, 7) is 1.85. The number of nitrogens with one attached hydrogen (secondary N) is 1. The maximum Gasteiger partial charge on any atom is 0.257 e. The molecule has 2 aromatic rings. The molecule has 0 aliphatic rings. The summed E-state index contributed by atoms with van der Waals surface area (Å²) in [5.41, 5.74) is 7.98. The van der Waals surface area contributed by atoms with Gasteiger partial charge in [-0.15, -0.1) is 0 Å². The number of halogens is 1. The highest BCUT2D eigenvalue weighted by Gasteiger charge is 2.11. The number of nitrogens with zero attached hydrogens (tertiary/aromatic N) is 1. The Morgan fingerprint density at radius 1 is 1.33 bits per heavy atom. The molecule has 0 unspecified atom stereocenters. The van der Waals surface area contributed by atoms with Crippen molar-refractivity contribution in [2.24, 2.45) is 0 Å². The first kappa shape index (κ1) is 12.4. The summed E-state index contributed by atoms with van der Waals surface area (Å²) in [5.74, 6) is -0.294. The molecule has 0 radical (unpaired) electrons. The van der Waals surface area contributed by atoms with Crippen LogP contribution >= 0.6 is 11.6 Å². The number of anilines is 2. The van der Waals surface area contributed by atoms with Gasteiger partial charge < -0.3 is 11.1 Å². The summed E-state index contributed by atoms with van der Waals surface area (Å²) in [7, 11) is 0. The number of hydrogen-bond donors (Lipinski definition) is 2. The molecule has 2 rings (SSSR count). The molecule has 4 nitrogen and oxygen atoms in total. The number of hydrogen-bond acceptors (Lipinski definition) is 3. The second-order valence-corrected chi connectivity index (χ2v) is 4.29. The normalized spacial score (nSPS) is 10.1. The minimum atomic E-state index is -0.294. The van der Waals surface area contributed by atoms with Crippen molar-refractivity contribution in [1.29, 1.82) is 0 Å². The fourth-order valence-corrected chi connectivity index (χ4v) is 1.74. The Balaban J connectivity index is 2.24. The molecule has 1 aromatic heterocycles. The number of aryl methyl sites for hydroxylation is 1. The average Bonchev–Trinajstić information content (AvgIpc) is 2.32. The molecule has 1 aromatic carbocycles. The number of nitrogen functional groups attached to an aromatic ring is 1. The largest absolute Gasteiger partial charge is 0.399 e. The van der Waals surface area contributed by atoms with Crippen LogP contribution in [0.1, 0.15) is 16.1 Å². The average molecular weight is 262 g/mol. The smallest absolute Gasteiger partial charge is 0.257 e. The molecule has 5 heteroatoms. The van der Waals surface area contributed by atoms with Gasteiger partial charge in [0.2, 0.25) is 0 Å². The van der Waals surface area contributed by atoms with Gasteiger partial charge >= 0.3 is 0 Å². The number of carbonyl (C=O) groups excluding carboxylic acids is 1. The van der Waals surface area contributed by atoms with E-state index in [0.29, 0.717) is 22.0 Å². The minimum Gasteiger partial charge on any atom is -0.399 e. The topological polar surface area (TPSA) is 68.0 Å². The van der Waals surface area contributed by atoms with E-state index in [-0.39, 0.29) is 5.91 Å². The molecule has 0 bridgehead atoms. The fourth-order valence-electron chi connectivity index (χ4n) is 1.54. The summed E-state index contributed by atoms with van der Waals surface area (Å²) in [5, 5.41) is 3.12. The minimum absolute atomic E-state index is 0.294. The van der Waals surface area contributed by atoms with Crippen molar-refractivity contribution in [3.8, 4) is 0 Å². The Morgan fingerprint density at radius 3 is 2.83 bits per heavy atom. The van der Waals surface area contributed by atoms with E-state index in [4.69, 9.17) is 17.3 Å². The molecule has 3 N–H and O–H groups in total. The van der Waals surface area contributed by atoms with Gasteiger partial charge in [-0.2, -0.15) is 0 Å². The lowest BCUT2D eigenvalue weighted by Crippen LogP contribution is -2.13. The second-order valence-electron chi connectivity index (χ2n) is 3.88. The van der Waals surface area contributed by atoms with Crippen molar-refractivity contribution >= 4 is 28.9 Å². The van der Waals surface area contributed by atoms with Crippen molar-refractivity contribution in [3.63, 3.8) is 0 Å². The zero-order chi connectivity index (χ0) is 13.1. The third-order valence-electron chi connectivity index (χ3n) is 2.39. The summed E-state index contributed by atoms with van der Waals surface area (Å²) in [4.78, 5) is 16.1. The second kappa shape index (κ2) is 5.06. The van der Waals surface area contributed by atoms with Crippen LogP contribution < -0.4 is 11.1 Å². The number of aromatic nitrogens is 1. The third kappa shape index (κ3) is 2.78. The lowest BCUT2D eigenvalue weighted by molar-refractivity contribution is 0.102. The summed E-state index contributed by atoms with van der Waals surface area (Å²) in [6.07, 6.45) is 1.63. The Morgan fingerprint density at radius 2 is 2.11 bits per heavy atom. The van der Waals surface area contributed by atoms with Crippen LogP contribution in [0.15, 0.2) is 36.5 Å². The highest BCUT2D eigenvalue weighted by atomic mass is 35.5. The van der Waals surface area contributed by atoms with Crippen LogP contribution in [0.4, 0.5) is 11.4 Å². The van der Waals surface area contributed by atoms with Gasteiger partial charge in [-0.05, 0) is 37.3 Å². The molecule has 1 amide bonds. The molecule has 0 saturated carbocycles. The Bertz CT molecular complexity index is 599. The van der Waals surface area contributed by atoms with Gasteiger partial charge in [-0.25, -0.2) is 0 Å². The van der Waals surface area contributed by atoms with Gasteiger partial charge in [0, 0.05) is 23.3 Å². The van der Waals surface area contributed by atoms with Gasteiger partial charge in [0.05, 0.1) is 10.6 Å². The third-order valence-corrected chi connectivity index (χ3v) is 2.72. The van der Waals surface area contributed by atoms with E-state index in [1.54, 1.807) is 36.5 Å². The van der Waals surface area contributed by atoms with E-state index in [0.717, 1.165) is 5.69 Å². The van der Waals surface area contributed by atoms with Gasteiger partial charge in [0.1, 0.15) is 0 Å². The summed E-state index contributed by atoms with van der Waals surface area (Å²) < 4.78 is 0. The van der Waals surface area contributed by atoms with Gasteiger partial charge in [-0.1, -0.05) is 11.6 Å². The molecule has 0 spiro atoms. The predicted molar refractivity (Wildman–Crippen MR) is 72.8 cm³/mol. The van der Waals surface area contributed by atoms with Crippen LogP contribution in [0.5, 0.6) is 0 Å². The Labute approximate surface area is 110 Å². The summed E-state index contributed by atoms with van der Waals surface area (Å²) >= 11 is 5.96. The first-order valence-electron chi connectivity index (χ1n) is 5.35.